The fourth-order valence-electron chi connectivity index (χ4n) is 5.40. The third-order valence-electron chi connectivity index (χ3n) is 7.49. The summed E-state index contributed by atoms with van der Waals surface area (Å²) >= 11 is 0. The number of carbonyl (C=O) groups excluding carboxylic acids is 5. The topological polar surface area (TPSA) is 188 Å². The number of primary amides is 1. The van der Waals surface area contributed by atoms with Crippen LogP contribution in [0, 0.1) is 11.8 Å². The van der Waals surface area contributed by atoms with Crippen molar-refractivity contribution in [1.29, 1.82) is 0 Å². The third kappa shape index (κ3) is 6.48. The van der Waals surface area contributed by atoms with E-state index >= 15 is 0 Å². The van der Waals surface area contributed by atoms with E-state index in [9.17, 15) is 28.8 Å². The van der Waals surface area contributed by atoms with Crippen molar-refractivity contribution in [2.45, 2.75) is 63.1 Å². The Hall–Kier alpha value is -3.96. The number of amides is 5. The molecule has 12 nitrogen and oxygen atoms in total. The molecule has 4 rings (SSSR count). The molecule has 1 aliphatic heterocycles. The van der Waals surface area contributed by atoms with Gasteiger partial charge in [0.15, 0.2) is 0 Å². The fourth-order valence-corrected chi connectivity index (χ4v) is 5.40. The molecule has 3 aliphatic rings. The normalized spacial score (nSPS) is 20.2. The zero-order valence-corrected chi connectivity index (χ0v) is 21.0. The van der Waals surface area contributed by atoms with Gasteiger partial charge in [0.1, 0.15) is 18.6 Å². The Morgan fingerprint density at radius 3 is 2.24 bits per heavy atom. The molecule has 2 fully saturated rings. The molecule has 12 heteroatoms. The summed E-state index contributed by atoms with van der Waals surface area (Å²) in [7, 11) is 0. The first-order valence-corrected chi connectivity index (χ1v) is 12.9. The van der Waals surface area contributed by atoms with Crippen molar-refractivity contribution < 1.29 is 33.9 Å². The lowest BCUT2D eigenvalue weighted by Gasteiger charge is -2.32. The molecule has 0 spiro atoms. The van der Waals surface area contributed by atoms with Gasteiger partial charge in [0.05, 0.1) is 6.04 Å². The standard InChI is InChI=1S/C26H33N5O7/c27-23(35)22(34)18(10-14-7-8-14)29-24(36)19-6-3-9-31(19)25(37)21(30-26(38)28-13-20(32)33)17-11-15-4-1-2-5-16(15)12-17/h1-2,4-5,14,17-19,21H,3,6-13H2,(H2,27,35)(H,29,36)(H,32,33)(H2,28,30,38)/t18?,19-,21?/m0/s1. The maximum atomic E-state index is 13.8. The van der Waals surface area contributed by atoms with Crippen LogP contribution >= 0.6 is 0 Å². The minimum atomic E-state index is -1.22. The van der Waals surface area contributed by atoms with Gasteiger partial charge in [0, 0.05) is 6.54 Å². The monoisotopic (exact) mass is 527 g/mol. The van der Waals surface area contributed by atoms with Crippen LogP contribution in [0.1, 0.15) is 43.2 Å². The molecule has 6 N–H and O–H groups in total. The van der Waals surface area contributed by atoms with Gasteiger partial charge in [-0.15, -0.1) is 0 Å². The Morgan fingerprint density at radius 1 is 1.00 bits per heavy atom. The number of urea groups is 1. The molecule has 1 saturated carbocycles. The van der Waals surface area contributed by atoms with Crippen molar-refractivity contribution in [2.75, 3.05) is 13.1 Å². The highest BCUT2D eigenvalue weighted by Gasteiger charge is 2.43. The van der Waals surface area contributed by atoms with E-state index < -0.39 is 60.2 Å². The third-order valence-corrected chi connectivity index (χ3v) is 7.49. The van der Waals surface area contributed by atoms with Crippen molar-refractivity contribution in [1.82, 2.24) is 20.9 Å². The van der Waals surface area contributed by atoms with Gasteiger partial charge in [-0.3, -0.25) is 24.0 Å². The summed E-state index contributed by atoms with van der Waals surface area (Å²) in [4.78, 5) is 75.7. The van der Waals surface area contributed by atoms with Crippen LogP contribution in [0.2, 0.25) is 0 Å². The van der Waals surface area contributed by atoms with E-state index in [0.717, 1.165) is 24.0 Å². The second kappa shape index (κ2) is 11.6. The largest absolute Gasteiger partial charge is 0.480 e. The maximum Gasteiger partial charge on any atom is 0.323 e. The van der Waals surface area contributed by atoms with Crippen LogP contribution in [0.4, 0.5) is 4.79 Å². The summed E-state index contributed by atoms with van der Waals surface area (Å²) in [5.41, 5.74) is 7.31. The summed E-state index contributed by atoms with van der Waals surface area (Å²) in [5, 5.41) is 16.4. The molecular weight excluding hydrogens is 494 g/mol. The number of nitrogens with two attached hydrogens (primary N) is 1. The molecule has 5 amide bonds. The second-order valence-corrected chi connectivity index (χ2v) is 10.3. The summed E-state index contributed by atoms with van der Waals surface area (Å²) in [6.45, 7) is -0.328. The number of nitrogens with zero attached hydrogens (tertiary/aromatic N) is 1. The highest BCUT2D eigenvalue weighted by Crippen LogP contribution is 2.34. The molecule has 0 bridgehead atoms. The van der Waals surface area contributed by atoms with Crippen molar-refractivity contribution in [2.24, 2.45) is 17.6 Å². The molecule has 1 aromatic rings. The minimum Gasteiger partial charge on any atom is -0.480 e. The molecule has 204 valence electrons. The lowest BCUT2D eigenvalue weighted by Crippen LogP contribution is -2.59. The molecule has 2 unspecified atom stereocenters. The first kappa shape index (κ1) is 27.1. The number of benzene rings is 1. The number of rotatable bonds is 11. The van der Waals surface area contributed by atoms with E-state index in [-0.39, 0.29) is 18.4 Å². The van der Waals surface area contributed by atoms with Crippen molar-refractivity contribution in [3.05, 3.63) is 35.4 Å². The molecule has 1 saturated heterocycles. The second-order valence-electron chi connectivity index (χ2n) is 10.3. The van der Waals surface area contributed by atoms with Crippen molar-refractivity contribution >= 4 is 35.5 Å². The number of fused-ring (bicyclic) bond motifs is 1. The lowest BCUT2D eigenvalue weighted by atomic mass is 9.95. The van der Waals surface area contributed by atoms with Gasteiger partial charge in [-0.1, -0.05) is 37.1 Å². The summed E-state index contributed by atoms with van der Waals surface area (Å²) < 4.78 is 0. The van der Waals surface area contributed by atoms with Crippen LogP contribution in [-0.2, 0) is 36.8 Å². The van der Waals surface area contributed by atoms with Gasteiger partial charge in [0.2, 0.25) is 17.6 Å². The molecule has 2 aliphatic carbocycles. The van der Waals surface area contributed by atoms with Crippen molar-refractivity contribution in [3.63, 3.8) is 0 Å². The summed E-state index contributed by atoms with van der Waals surface area (Å²) in [6, 6.07) is 4.02. The maximum absolute atomic E-state index is 13.8. The van der Waals surface area contributed by atoms with Gasteiger partial charge in [0.25, 0.3) is 5.91 Å². The molecule has 0 radical (unpaired) electrons. The minimum absolute atomic E-state index is 0.242. The Bertz CT molecular complexity index is 1110. The number of hydrogen-bond donors (Lipinski definition) is 5. The van der Waals surface area contributed by atoms with Crippen LogP contribution in [-0.4, -0.2) is 76.7 Å². The van der Waals surface area contributed by atoms with Crippen LogP contribution in [0.5, 0.6) is 0 Å². The first-order valence-electron chi connectivity index (χ1n) is 12.9. The van der Waals surface area contributed by atoms with E-state index in [0.29, 0.717) is 32.1 Å². The SMILES string of the molecule is NC(=O)C(=O)C(CC1CC1)NC(=O)[C@@H]1CCCN1C(=O)C(NC(=O)NCC(=O)O)C1Cc2ccccc2C1. The molecular formula is C26H33N5O7. The highest BCUT2D eigenvalue weighted by molar-refractivity contribution is 6.37. The van der Waals surface area contributed by atoms with Gasteiger partial charge in [-0.25, -0.2) is 4.79 Å². The summed E-state index contributed by atoms with van der Waals surface area (Å²) in [6.07, 6.45) is 4.12. The van der Waals surface area contributed by atoms with Gasteiger partial charge < -0.3 is 31.7 Å². The molecule has 1 heterocycles. The van der Waals surface area contributed by atoms with Crippen LogP contribution in [0.3, 0.4) is 0 Å². The Balaban J connectivity index is 1.49. The predicted octanol–water partition coefficient (Wildman–Crippen LogP) is -0.516. The van der Waals surface area contributed by atoms with Crippen LogP contribution in [0.15, 0.2) is 24.3 Å². The zero-order valence-electron chi connectivity index (χ0n) is 21.0. The van der Waals surface area contributed by atoms with Gasteiger partial charge in [-0.2, -0.15) is 0 Å². The number of hydrogen-bond acceptors (Lipinski definition) is 6. The van der Waals surface area contributed by atoms with E-state index in [1.165, 1.54) is 4.90 Å². The van der Waals surface area contributed by atoms with Crippen LogP contribution in [0.25, 0.3) is 0 Å². The Kier molecular flexibility index (Phi) is 8.28. The average molecular weight is 528 g/mol. The number of aliphatic carboxylic acids is 1. The molecule has 0 aromatic heterocycles. The van der Waals surface area contributed by atoms with E-state index in [1.807, 2.05) is 24.3 Å². The zero-order chi connectivity index (χ0) is 27.4. The smallest absolute Gasteiger partial charge is 0.323 e. The number of likely N-dealkylation sites (tertiary alicyclic amines) is 1. The number of carbonyl (C=O) groups is 6. The molecule has 3 atom stereocenters. The number of carboxylic acids is 1. The number of Topliss-reactive ketones (excluding diaryl/α,β-unsaturated/α-hetero) is 1. The summed E-state index contributed by atoms with van der Waals surface area (Å²) in [5.74, 6) is -4.25. The first-order chi connectivity index (χ1) is 18.1. The highest BCUT2D eigenvalue weighted by atomic mass is 16.4. The Labute approximate surface area is 219 Å². The van der Waals surface area contributed by atoms with Gasteiger partial charge in [-0.05, 0) is 55.1 Å². The lowest BCUT2D eigenvalue weighted by molar-refractivity contribution is -0.142. The van der Waals surface area contributed by atoms with Gasteiger partial charge >= 0.3 is 12.0 Å². The van der Waals surface area contributed by atoms with E-state index in [2.05, 4.69) is 16.0 Å². The van der Waals surface area contributed by atoms with E-state index in [4.69, 9.17) is 10.8 Å². The van der Waals surface area contributed by atoms with Crippen molar-refractivity contribution in [3.8, 4) is 0 Å². The molecule has 38 heavy (non-hydrogen) atoms. The van der Waals surface area contributed by atoms with E-state index in [1.54, 1.807) is 0 Å². The molecule has 1 aromatic carbocycles. The fraction of sp³-hybridized carbons (Fsp3) is 0.538. The number of ketones is 1. The quantitative estimate of drug-likeness (QED) is 0.239. The predicted molar refractivity (Wildman–Crippen MR) is 134 cm³/mol. The number of carboxylic acid groups (broad SMARTS) is 1. The Morgan fingerprint density at radius 2 is 1.66 bits per heavy atom. The van der Waals surface area contributed by atoms with Crippen LogP contribution < -0.4 is 21.7 Å². The average Bonchev–Trinajstić information content (AvgIpc) is 3.38. The number of nitrogens with one attached hydrogen (secondary N) is 3.